The van der Waals surface area contributed by atoms with Gasteiger partial charge in [-0.05, 0) is 35.7 Å². The van der Waals surface area contributed by atoms with Crippen LogP contribution in [0.25, 0.3) is 0 Å². The summed E-state index contributed by atoms with van der Waals surface area (Å²) in [6.45, 7) is 2.06. The first kappa shape index (κ1) is 19.8. The number of halogens is 1. The van der Waals surface area contributed by atoms with E-state index in [0.29, 0.717) is 25.1 Å². The van der Waals surface area contributed by atoms with Crippen molar-refractivity contribution in [1.82, 2.24) is 10.2 Å². The summed E-state index contributed by atoms with van der Waals surface area (Å²) in [6, 6.07) is 15.3. The third-order valence-electron chi connectivity index (χ3n) is 4.51. The molecule has 2 aromatic carbocycles. The molecule has 0 aliphatic carbocycles. The Morgan fingerprint density at radius 3 is 2.63 bits per heavy atom. The number of benzene rings is 2. The average molecular weight is 403 g/mol. The molecule has 0 radical (unpaired) electrons. The van der Waals surface area contributed by atoms with Gasteiger partial charge >= 0.3 is 0 Å². The second kappa shape index (κ2) is 9.81. The minimum atomic E-state index is -0.0721. The van der Waals surface area contributed by atoms with Crippen LogP contribution in [0.2, 0.25) is 5.02 Å². The first-order chi connectivity index (χ1) is 13.1. The van der Waals surface area contributed by atoms with E-state index in [1.165, 1.54) is 0 Å². The van der Waals surface area contributed by atoms with Crippen molar-refractivity contribution in [1.29, 1.82) is 0 Å². The molecule has 0 unspecified atom stereocenters. The summed E-state index contributed by atoms with van der Waals surface area (Å²) >= 11 is 7.88. The number of likely N-dealkylation sites (tertiary alicyclic amines) is 1. The lowest BCUT2D eigenvalue weighted by Crippen LogP contribution is -2.26. The zero-order valence-corrected chi connectivity index (χ0v) is 16.7. The third kappa shape index (κ3) is 5.75. The monoisotopic (exact) mass is 402 g/mol. The molecule has 3 rings (SSSR count). The van der Waals surface area contributed by atoms with Gasteiger partial charge in [-0.3, -0.25) is 9.59 Å². The van der Waals surface area contributed by atoms with Gasteiger partial charge in [-0.25, -0.2) is 0 Å². The minimum absolute atomic E-state index is 0.0721. The summed E-state index contributed by atoms with van der Waals surface area (Å²) in [4.78, 5) is 25.8. The minimum Gasteiger partial charge on any atom is -0.351 e. The highest BCUT2D eigenvalue weighted by molar-refractivity contribution is 7.98. The van der Waals surface area contributed by atoms with Gasteiger partial charge in [0.1, 0.15) is 0 Å². The largest absolute Gasteiger partial charge is 0.351 e. The summed E-state index contributed by atoms with van der Waals surface area (Å²) in [7, 11) is 0. The maximum absolute atomic E-state index is 12.2. The number of carbonyl (C=O) groups is 2. The Bertz CT molecular complexity index is 795. The SMILES string of the molecule is O=C(NCCSCc1ccccc1Cl)c1ccc(CN2CCCC2=O)cc1. The van der Waals surface area contributed by atoms with Gasteiger partial charge < -0.3 is 10.2 Å². The molecule has 1 fully saturated rings. The predicted molar refractivity (Wildman–Crippen MR) is 111 cm³/mol. The molecule has 2 amide bonds. The predicted octanol–water partition coefficient (Wildman–Crippen LogP) is 4.13. The lowest BCUT2D eigenvalue weighted by atomic mass is 10.1. The molecule has 142 valence electrons. The van der Waals surface area contributed by atoms with Crippen molar-refractivity contribution in [2.75, 3.05) is 18.8 Å². The van der Waals surface area contributed by atoms with E-state index >= 15 is 0 Å². The first-order valence-electron chi connectivity index (χ1n) is 9.09. The summed E-state index contributed by atoms with van der Waals surface area (Å²) in [5.41, 5.74) is 2.81. The lowest BCUT2D eigenvalue weighted by Gasteiger charge is -2.15. The number of nitrogens with one attached hydrogen (secondary N) is 1. The molecule has 0 atom stereocenters. The maximum atomic E-state index is 12.2. The molecule has 1 aliphatic rings. The van der Waals surface area contributed by atoms with Gasteiger partial charge in [0.15, 0.2) is 0 Å². The van der Waals surface area contributed by atoms with Crippen molar-refractivity contribution >= 4 is 35.2 Å². The summed E-state index contributed by atoms with van der Waals surface area (Å²) < 4.78 is 0. The van der Waals surface area contributed by atoms with Gasteiger partial charge in [-0.15, -0.1) is 0 Å². The van der Waals surface area contributed by atoms with Crippen molar-refractivity contribution in [3.8, 4) is 0 Å². The zero-order chi connectivity index (χ0) is 19.1. The third-order valence-corrected chi connectivity index (χ3v) is 5.88. The number of amides is 2. The fourth-order valence-corrected chi connectivity index (χ4v) is 4.13. The normalized spacial score (nSPS) is 13.8. The van der Waals surface area contributed by atoms with Crippen molar-refractivity contribution in [2.45, 2.75) is 25.1 Å². The average Bonchev–Trinajstić information content (AvgIpc) is 3.08. The van der Waals surface area contributed by atoms with Crippen LogP contribution in [-0.4, -0.2) is 35.6 Å². The van der Waals surface area contributed by atoms with Gasteiger partial charge in [0, 0.05) is 48.1 Å². The number of rotatable bonds is 8. The van der Waals surface area contributed by atoms with E-state index in [9.17, 15) is 9.59 Å². The zero-order valence-electron chi connectivity index (χ0n) is 15.1. The van der Waals surface area contributed by atoms with Gasteiger partial charge in [0.05, 0.1) is 0 Å². The summed E-state index contributed by atoms with van der Waals surface area (Å²) in [5.74, 6) is 1.80. The van der Waals surface area contributed by atoms with Gasteiger partial charge in [0.25, 0.3) is 5.91 Å². The fraction of sp³-hybridized carbons (Fsp3) is 0.333. The molecule has 1 heterocycles. The van der Waals surface area contributed by atoms with E-state index in [1.807, 2.05) is 53.4 Å². The Balaban J connectivity index is 1.39. The molecular formula is C21H23ClN2O2S. The quantitative estimate of drug-likeness (QED) is 0.675. The number of hydrogen-bond acceptors (Lipinski definition) is 3. The van der Waals surface area contributed by atoms with E-state index in [4.69, 9.17) is 11.6 Å². The van der Waals surface area contributed by atoms with Crippen LogP contribution >= 0.6 is 23.4 Å². The Kier molecular flexibility index (Phi) is 7.18. The Labute approximate surface area is 169 Å². The van der Waals surface area contributed by atoms with Gasteiger partial charge in [0.2, 0.25) is 5.91 Å². The van der Waals surface area contributed by atoms with Crippen molar-refractivity contribution in [3.63, 3.8) is 0 Å². The number of hydrogen-bond donors (Lipinski definition) is 1. The molecule has 4 nitrogen and oxygen atoms in total. The van der Waals surface area contributed by atoms with Crippen LogP contribution < -0.4 is 5.32 Å². The van der Waals surface area contributed by atoms with Gasteiger partial charge in [-0.1, -0.05) is 41.9 Å². The maximum Gasteiger partial charge on any atom is 0.251 e. The van der Waals surface area contributed by atoms with Crippen LogP contribution in [0.15, 0.2) is 48.5 Å². The highest BCUT2D eigenvalue weighted by Gasteiger charge is 2.19. The van der Waals surface area contributed by atoms with Crippen LogP contribution in [0.4, 0.5) is 0 Å². The van der Waals surface area contributed by atoms with Crippen LogP contribution in [0, 0.1) is 0 Å². The van der Waals surface area contributed by atoms with E-state index in [0.717, 1.165) is 40.6 Å². The van der Waals surface area contributed by atoms with Crippen LogP contribution in [0.3, 0.4) is 0 Å². The lowest BCUT2D eigenvalue weighted by molar-refractivity contribution is -0.128. The molecule has 0 aromatic heterocycles. The molecule has 1 aliphatic heterocycles. The van der Waals surface area contributed by atoms with Crippen molar-refractivity contribution in [2.24, 2.45) is 0 Å². The summed E-state index contributed by atoms with van der Waals surface area (Å²) in [5, 5.41) is 3.72. The summed E-state index contributed by atoms with van der Waals surface area (Å²) in [6.07, 6.45) is 1.59. The van der Waals surface area contributed by atoms with E-state index in [1.54, 1.807) is 11.8 Å². The van der Waals surface area contributed by atoms with E-state index < -0.39 is 0 Å². The molecule has 0 bridgehead atoms. The van der Waals surface area contributed by atoms with Crippen LogP contribution in [0.1, 0.15) is 34.3 Å². The number of carbonyl (C=O) groups excluding carboxylic acids is 2. The Morgan fingerprint density at radius 1 is 1.15 bits per heavy atom. The molecule has 1 N–H and O–H groups in total. The number of nitrogens with zero attached hydrogens (tertiary/aromatic N) is 1. The second-order valence-corrected chi connectivity index (χ2v) is 8.03. The molecular weight excluding hydrogens is 380 g/mol. The standard InChI is InChI=1S/C21H23ClN2O2S/c22-19-5-2-1-4-18(19)15-27-13-11-23-21(26)17-9-7-16(8-10-17)14-24-12-3-6-20(24)25/h1-2,4-5,7-10H,3,6,11-15H2,(H,23,26). The van der Waals surface area contributed by atoms with Crippen molar-refractivity contribution in [3.05, 3.63) is 70.2 Å². The molecule has 27 heavy (non-hydrogen) atoms. The fourth-order valence-electron chi connectivity index (χ4n) is 2.99. The highest BCUT2D eigenvalue weighted by atomic mass is 35.5. The van der Waals surface area contributed by atoms with Crippen molar-refractivity contribution < 1.29 is 9.59 Å². The molecule has 6 heteroatoms. The van der Waals surface area contributed by atoms with Crippen LogP contribution in [-0.2, 0) is 17.1 Å². The molecule has 2 aromatic rings. The second-order valence-electron chi connectivity index (χ2n) is 6.52. The van der Waals surface area contributed by atoms with E-state index in [-0.39, 0.29) is 11.8 Å². The van der Waals surface area contributed by atoms with E-state index in [2.05, 4.69) is 5.32 Å². The smallest absolute Gasteiger partial charge is 0.251 e. The highest BCUT2D eigenvalue weighted by Crippen LogP contribution is 2.20. The molecule has 1 saturated heterocycles. The first-order valence-corrected chi connectivity index (χ1v) is 10.6. The van der Waals surface area contributed by atoms with Crippen LogP contribution in [0.5, 0.6) is 0 Å². The number of thioether (sulfide) groups is 1. The molecule has 0 spiro atoms. The Morgan fingerprint density at radius 2 is 1.93 bits per heavy atom. The molecule has 0 saturated carbocycles. The Hall–Kier alpha value is -1.98. The van der Waals surface area contributed by atoms with Gasteiger partial charge in [-0.2, -0.15) is 11.8 Å². The topological polar surface area (TPSA) is 49.4 Å².